The number of sulfonamides is 1. The lowest BCUT2D eigenvalue weighted by molar-refractivity contribution is 0.102. The van der Waals surface area contributed by atoms with Crippen LogP contribution in [0.15, 0.2) is 71.6 Å². The smallest absolute Gasteiger partial charge is 0.262 e. The molecule has 28 heavy (non-hydrogen) atoms. The number of carbonyl (C=O) groups is 1. The summed E-state index contributed by atoms with van der Waals surface area (Å²) in [7, 11) is -3.89. The third kappa shape index (κ3) is 4.52. The first-order valence-electron chi connectivity index (χ1n) is 8.52. The van der Waals surface area contributed by atoms with Crippen LogP contribution in [0.5, 0.6) is 0 Å². The molecule has 7 heteroatoms. The molecule has 3 aromatic carbocycles. The summed E-state index contributed by atoms with van der Waals surface area (Å²) in [6, 6.07) is 18.4. The lowest BCUT2D eigenvalue weighted by Gasteiger charge is -2.13. The molecule has 1 amide bonds. The first-order chi connectivity index (χ1) is 13.3. The number of para-hydroxylation sites is 1. The maximum atomic E-state index is 12.8. The molecule has 0 aliphatic carbocycles. The Hall–Kier alpha value is -2.83. The number of nitrogens with one attached hydrogen (secondary N) is 2. The van der Waals surface area contributed by atoms with Gasteiger partial charge in [-0.1, -0.05) is 41.9 Å². The predicted molar refractivity (Wildman–Crippen MR) is 113 cm³/mol. The topological polar surface area (TPSA) is 75.3 Å². The van der Waals surface area contributed by atoms with Gasteiger partial charge in [0.15, 0.2) is 0 Å². The van der Waals surface area contributed by atoms with Crippen LogP contribution in [-0.4, -0.2) is 14.3 Å². The Kier molecular flexibility index (Phi) is 5.72. The van der Waals surface area contributed by atoms with Crippen LogP contribution >= 0.6 is 11.6 Å². The third-order valence-corrected chi connectivity index (χ3v) is 5.97. The minimum Gasteiger partial charge on any atom is -0.322 e. The Bertz CT molecular complexity index is 1140. The van der Waals surface area contributed by atoms with E-state index in [2.05, 4.69) is 10.0 Å². The van der Waals surface area contributed by atoms with Gasteiger partial charge in [0.25, 0.3) is 15.9 Å². The molecule has 0 unspecified atom stereocenters. The number of hydrogen-bond donors (Lipinski definition) is 2. The van der Waals surface area contributed by atoms with E-state index >= 15 is 0 Å². The van der Waals surface area contributed by atoms with Crippen LogP contribution in [0.1, 0.15) is 21.5 Å². The Labute approximate surface area is 169 Å². The monoisotopic (exact) mass is 414 g/mol. The summed E-state index contributed by atoms with van der Waals surface area (Å²) < 4.78 is 28.2. The minimum atomic E-state index is -3.89. The number of amides is 1. The molecule has 3 aromatic rings. The fourth-order valence-electron chi connectivity index (χ4n) is 2.70. The number of halogens is 1. The number of rotatable bonds is 5. The van der Waals surface area contributed by atoms with Crippen molar-refractivity contribution in [1.82, 2.24) is 0 Å². The van der Waals surface area contributed by atoms with Crippen LogP contribution in [0.25, 0.3) is 0 Å². The molecule has 0 radical (unpaired) electrons. The quantitative estimate of drug-likeness (QED) is 0.616. The number of carbonyl (C=O) groups excluding carboxylic acids is 1. The lowest BCUT2D eigenvalue weighted by Crippen LogP contribution is -2.17. The average molecular weight is 415 g/mol. The highest BCUT2D eigenvalue weighted by Gasteiger charge is 2.20. The molecule has 3 rings (SSSR count). The summed E-state index contributed by atoms with van der Waals surface area (Å²) >= 11 is 5.92. The molecular weight excluding hydrogens is 396 g/mol. The van der Waals surface area contributed by atoms with E-state index in [-0.39, 0.29) is 16.4 Å². The fraction of sp³-hybridized carbons (Fsp3) is 0.0952. The van der Waals surface area contributed by atoms with Crippen molar-refractivity contribution in [2.75, 3.05) is 10.0 Å². The van der Waals surface area contributed by atoms with Gasteiger partial charge in [-0.3, -0.25) is 9.52 Å². The SMILES string of the molecule is Cc1ccccc1NC(=O)c1ccc(C)c(S(=O)(=O)Nc2cccc(Cl)c2)c1. The molecule has 0 aromatic heterocycles. The van der Waals surface area contributed by atoms with Crippen LogP contribution in [0.4, 0.5) is 11.4 Å². The number of benzene rings is 3. The summed E-state index contributed by atoms with van der Waals surface area (Å²) in [5.41, 5.74) is 2.72. The molecule has 144 valence electrons. The Balaban J connectivity index is 1.90. The van der Waals surface area contributed by atoms with Crippen molar-refractivity contribution in [3.05, 3.63) is 88.4 Å². The van der Waals surface area contributed by atoms with Crippen LogP contribution in [0, 0.1) is 13.8 Å². The Morgan fingerprint density at radius 2 is 1.64 bits per heavy atom. The van der Waals surface area contributed by atoms with Crippen molar-refractivity contribution in [2.45, 2.75) is 18.7 Å². The van der Waals surface area contributed by atoms with E-state index in [1.165, 1.54) is 12.1 Å². The number of hydrogen-bond acceptors (Lipinski definition) is 3. The van der Waals surface area contributed by atoms with Gasteiger partial charge in [0.1, 0.15) is 0 Å². The van der Waals surface area contributed by atoms with Crippen LogP contribution in [-0.2, 0) is 10.0 Å². The van der Waals surface area contributed by atoms with Gasteiger partial charge < -0.3 is 5.32 Å². The highest BCUT2D eigenvalue weighted by atomic mass is 35.5. The van der Waals surface area contributed by atoms with E-state index in [1.54, 1.807) is 43.3 Å². The van der Waals surface area contributed by atoms with Gasteiger partial charge in [0.05, 0.1) is 10.6 Å². The Morgan fingerprint density at radius 1 is 0.893 bits per heavy atom. The maximum Gasteiger partial charge on any atom is 0.262 e. The molecular formula is C21H19ClN2O3S. The van der Waals surface area contributed by atoms with Crippen LogP contribution < -0.4 is 10.0 Å². The second-order valence-electron chi connectivity index (χ2n) is 6.37. The van der Waals surface area contributed by atoms with Gasteiger partial charge in [-0.2, -0.15) is 0 Å². The summed E-state index contributed by atoms with van der Waals surface area (Å²) in [4.78, 5) is 12.6. The van der Waals surface area contributed by atoms with Gasteiger partial charge in [-0.15, -0.1) is 0 Å². The molecule has 0 heterocycles. The zero-order chi connectivity index (χ0) is 20.3. The van der Waals surface area contributed by atoms with E-state index < -0.39 is 10.0 Å². The van der Waals surface area contributed by atoms with Crippen molar-refractivity contribution in [3.63, 3.8) is 0 Å². The van der Waals surface area contributed by atoms with Gasteiger partial charge in [-0.05, 0) is 61.4 Å². The highest BCUT2D eigenvalue weighted by Crippen LogP contribution is 2.23. The van der Waals surface area contributed by atoms with Crippen molar-refractivity contribution in [2.24, 2.45) is 0 Å². The number of anilines is 2. The minimum absolute atomic E-state index is 0.0323. The summed E-state index contributed by atoms with van der Waals surface area (Å²) in [6.07, 6.45) is 0. The normalized spacial score (nSPS) is 11.1. The van der Waals surface area contributed by atoms with E-state index in [4.69, 9.17) is 11.6 Å². The summed E-state index contributed by atoms with van der Waals surface area (Å²) in [6.45, 7) is 3.56. The molecule has 0 fully saturated rings. The number of aryl methyl sites for hydroxylation is 2. The summed E-state index contributed by atoms with van der Waals surface area (Å²) in [5, 5.41) is 3.23. The molecule has 0 atom stereocenters. The third-order valence-electron chi connectivity index (χ3n) is 4.21. The molecule has 0 saturated heterocycles. The Morgan fingerprint density at radius 3 is 2.36 bits per heavy atom. The van der Waals surface area contributed by atoms with Gasteiger partial charge in [0, 0.05) is 16.3 Å². The van der Waals surface area contributed by atoms with Crippen molar-refractivity contribution >= 4 is 38.9 Å². The van der Waals surface area contributed by atoms with Crippen molar-refractivity contribution in [1.29, 1.82) is 0 Å². The molecule has 0 aliphatic rings. The second kappa shape index (κ2) is 8.04. The van der Waals surface area contributed by atoms with E-state index in [0.29, 0.717) is 22.0 Å². The van der Waals surface area contributed by atoms with Crippen LogP contribution in [0.3, 0.4) is 0 Å². The first kappa shape index (κ1) is 19.9. The van der Waals surface area contributed by atoms with Crippen molar-refractivity contribution in [3.8, 4) is 0 Å². The molecule has 2 N–H and O–H groups in total. The fourth-order valence-corrected chi connectivity index (χ4v) is 4.21. The second-order valence-corrected chi connectivity index (χ2v) is 8.45. The lowest BCUT2D eigenvalue weighted by atomic mass is 10.1. The van der Waals surface area contributed by atoms with E-state index in [9.17, 15) is 13.2 Å². The van der Waals surface area contributed by atoms with Gasteiger partial charge in [-0.25, -0.2) is 8.42 Å². The molecule has 0 saturated carbocycles. The average Bonchev–Trinajstić information content (AvgIpc) is 2.63. The van der Waals surface area contributed by atoms with Gasteiger partial charge >= 0.3 is 0 Å². The highest BCUT2D eigenvalue weighted by molar-refractivity contribution is 7.92. The molecule has 0 spiro atoms. The van der Waals surface area contributed by atoms with E-state index in [1.807, 2.05) is 25.1 Å². The zero-order valence-corrected chi connectivity index (χ0v) is 16.9. The molecule has 5 nitrogen and oxygen atoms in total. The summed E-state index contributed by atoms with van der Waals surface area (Å²) in [5.74, 6) is -0.381. The zero-order valence-electron chi connectivity index (χ0n) is 15.4. The van der Waals surface area contributed by atoms with Crippen molar-refractivity contribution < 1.29 is 13.2 Å². The first-order valence-corrected chi connectivity index (χ1v) is 10.4. The standard InChI is InChI=1S/C21H19ClN2O3S/c1-14-6-3-4-9-19(14)23-21(25)16-11-10-15(2)20(12-16)28(26,27)24-18-8-5-7-17(22)13-18/h3-13,24H,1-2H3,(H,23,25). The molecule has 0 aliphatic heterocycles. The predicted octanol–water partition coefficient (Wildman–Crippen LogP) is 5.01. The largest absolute Gasteiger partial charge is 0.322 e. The maximum absolute atomic E-state index is 12.8. The van der Waals surface area contributed by atoms with E-state index in [0.717, 1.165) is 5.56 Å². The van der Waals surface area contributed by atoms with Gasteiger partial charge in [0.2, 0.25) is 0 Å². The molecule has 0 bridgehead atoms. The van der Waals surface area contributed by atoms with Crippen LogP contribution in [0.2, 0.25) is 5.02 Å².